The molecule has 0 aromatic heterocycles. The number of quaternary nitrogens is 1. The van der Waals surface area contributed by atoms with E-state index in [-0.39, 0.29) is 4.70 Å². The van der Waals surface area contributed by atoms with Crippen molar-refractivity contribution in [3.63, 3.8) is 0 Å². The molecule has 0 aromatic carbocycles. The highest BCUT2D eigenvalue weighted by Crippen LogP contribution is 2.20. The third kappa shape index (κ3) is 6.40. The Morgan fingerprint density at radius 1 is 0.765 bits per heavy atom. The van der Waals surface area contributed by atoms with Crippen LogP contribution in [0, 0.1) is 0 Å². The summed E-state index contributed by atoms with van der Waals surface area (Å²) in [5.41, 5.74) is 0. The second-order valence-corrected chi connectivity index (χ2v) is 5.66. The number of hydrogen-bond donors (Lipinski definition) is 0. The Kier molecular flexibility index (Phi) is 9.81. The number of unbranched alkanes of at least 4 members (excludes halogenated alkanes) is 5. The van der Waals surface area contributed by atoms with Gasteiger partial charge in [-0.1, -0.05) is 32.6 Å². The fourth-order valence-corrected chi connectivity index (χ4v) is 3.11. The Labute approximate surface area is 108 Å². The molecule has 1 rings (SSSR count). The van der Waals surface area contributed by atoms with Gasteiger partial charge in [-0.3, -0.25) is 0 Å². The van der Waals surface area contributed by atoms with Gasteiger partial charge in [0.1, 0.15) is 0 Å². The van der Waals surface area contributed by atoms with Crippen LogP contribution in [0.1, 0.15) is 71.6 Å². The molecule has 0 aromatic rings. The molecule has 0 amide bonds. The molecule has 0 N–H and O–H groups in total. The van der Waals surface area contributed by atoms with Gasteiger partial charge in [-0.15, -0.1) is 0 Å². The Morgan fingerprint density at radius 3 is 1.94 bits per heavy atom. The van der Waals surface area contributed by atoms with Crippen molar-refractivity contribution >= 4 is 0 Å². The van der Waals surface area contributed by atoms with Crippen LogP contribution in [0.3, 0.4) is 0 Å². The molecule has 1 nitrogen and oxygen atoms in total. The molecule has 0 saturated carbocycles. The van der Waals surface area contributed by atoms with Crippen molar-refractivity contribution in [3.05, 3.63) is 0 Å². The molecular weight excluding hydrogens is 213 g/mol. The van der Waals surface area contributed by atoms with Crippen molar-refractivity contribution < 1.29 is 9.19 Å². The standard InChI is InChI=1S/C15H32N.FH/c1-3-5-6-7-8-10-13-16(4-2)14-11-9-12-15-16;/h3-15H2,1-2H3;1H/q+1;/p-1. The van der Waals surface area contributed by atoms with E-state index in [9.17, 15) is 0 Å². The van der Waals surface area contributed by atoms with Crippen LogP contribution in [0.2, 0.25) is 0 Å². The van der Waals surface area contributed by atoms with Crippen LogP contribution >= 0.6 is 0 Å². The molecule has 0 unspecified atom stereocenters. The van der Waals surface area contributed by atoms with Crippen molar-refractivity contribution in [1.82, 2.24) is 0 Å². The first-order valence-corrected chi connectivity index (χ1v) is 7.68. The van der Waals surface area contributed by atoms with Gasteiger partial charge in [0.15, 0.2) is 0 Å². The predicted molar refractivity (Wildman–Crippen MR) is 72.6 cm³/mol. The summed E-state index contributed by atoms with van der Waals surface area (Å²) in [4.78, 5) is 0. The van der Waals surface area contributed by atoms with Crippen LogP contribution in [-0.4, -0.2) is 30.7 Å². The lowest BCUT2D eigenvalue weighted by Gasteiger charge is -2.41. The summed E-state index contributed by atoms with van der Waals surface area (Å²) >= 11 is 0. The first-order valence-electron chi connectivity index (χ1n) is 7.68. The zero-order valence-corrected chi connectivity index (χ0v) is 12.0. The Hall–Kier alpha value is -0.110. The monoisotopic (exact) mass is 245 g/mol. The van der Waals surface area contributed by atoms with E-state index in [0.717, 1.165) is 0 Å². The molecule has 1 aliphatic rings. The Balaban J connectivity index is 0.00000256. The van der Waals surface area contributed by atoms with Gasteiger partial charge in [0, 0.05) is 0 Å². The van der Waals surface area contributed by atoms with E-state index < -0.39 is 0 Å². The van der Waals surface area contributed by atoms with Crippen LogP contribution in [-0.2, 0) is 0 Å². The summed E-state index contributed by atoms with van der Waals surface area (Å²) in [6.07, 6.45) is 13.1. The highest BCUT2D eigenvalue weighted by molar-refractivity contribution is 4.54. The van der Waals surface area contributed by atoms with Crippen molar-refractivity contribution in [3.8, 4) is 0 Å². The molecule has 0 spiro atoms. The summed E-state index contributed by atoms with van der Waals surface area (Å²) in [6, 6.07) is 0. The van der Waals surface area contributed by atoms with Crippen molar-refractivity contribution in [2.75, 3.05) is 26.2 Å². The first kappa shape index (κ1) is 16.9. The molecule has 0 aliphatic carbocycles. The third-order valence-electron chi connectivity index (χ3n) is 4.42. The molecule has 17 heavy (non-hydrogen) atoms. The molecular formula is C15H32FN. The Bertz CT molecular complexity index is 164. The fraction of sp³-hybridized carbons (Fsp3) is 1.00. The maximum Gasteiger partial charge on any atom is 0.0786 e. The molecule has 0 radical (unpaired) electrons. The highest BCUT2D eigenvalue weighted by atomic mass is 19.0. The summed E-state index contributed by atoms with van der Waals surface area (Å²) < 4.78 is 1.44. The number of piperidine rings is 1. The van der Waals surface area contributed by atoms with Crippen LogP contribution in [0.15, 0.2) is 0 Å². The minimum Gasteiger partial charge on any atom is -1.00 e. The van der Waals surface area contributed by atoms with Gasteiger partial charge in [0.05, 0.1) is 26.2 Å². The van der Waals surface area contributed by atoms with E-state index >= 15 is 0 Å². The van der Waals surface area contributed by atoms with Gasteiger partial charge in [0.25, 0.3) is 0 Å². The maximum absolute atomic E-state index is 2.39. The van der Waals surface area contributed by atoms with Crippen molar-refractivity contribution in [1.29, 1.82) is 0 Å². The summed E-state index contributed by atoms with van der Waals surface area (Å²) in [5, 5.41) is 0. The number of likely N-dealkylation sites (tertiary alicyclic amines) is 1. The molecule has 1 fully saturated rings. The average Bonchev–Trinajstić information content (AvgIpc) is 2.35. The van der Waals surface area contributed by atoms with Gasteiger partial charge in [-0.25, -0.2) is 0 Å². The van der Waals surface area contributed by atoms with Gasteiger partial charge in [-0.2, -0.15) is 0 Å². The van der Waals surface area contributed by atoms with Crippen LogP contribution in [0.4, 0.5) is 0 Å². The molecule has 2 heteroatoms. The minimum atomic E-state index is 0. The van der Waals surface area contributed by atoms with E-state index in [1.807, 2.05) is 0 Å². The summed E-state index contributed by atoms with van der Waals surface area (Å²) in [5.74, 6) is 0. The van der Waals surface area contributed by atoms with Crippen molar-refractivity contribution in [2.45, 2.75) is 71.6 Å². The normalized spacial score (nSPS) is 18.7. The topological polar surface area (TPSA) is 0 Å². The van der Waals surface area contributed by atoms with Crippen LogP contribution in [0.5, 0.6) is 0 Å². The Morgan fingerprint density at radius 2 is 1.35 bits per heavy atom. The van der Waals surface area contributed by atoms with Gasteiger partial charge >= 0.3 is 0 Å². The summed E-state index contributed by atoms with van der Waals surface area (Å²) in [6.45, 7) is 10.4. The minimum absolute atomic E-state index is 0. The van der Waals surface area contributed by atoms with Gasteiger partial charge in [0.2, 0.25) is 0 Å². The molecule has 1 aliphatic heterocycles. The van der Waals surface area contributed by atoms with Crippen LogP contribution in [0.25, 0.3) is 0 Å². The van der Waals surface area contributed by atoms with Gasteiger partial charge < -0.3 is 9.19 Å². The lowest BCUT2D eigenvalue weighted by Crippen LogP contribution is -3.00. The largest absolute Gasteiger partial charge is 1.00 e. The average molecular weight is 245 g/mol. The van der Waals surface area contributed by atoms with E-state index in [2.05, 4.69) is 13.8 Å². The van der Waals surface area contributed by atoms with Crippen LogP contribution < -0.4 is 4.70 Å². The smallest absolute Gasteiger partial charge is 0.0786 e. The van der Waals surface area contributed by atoms with E-state index in [4.69, 9.17) is 0 Å². The van der Waals surface area contributed by atoms with E-state index in [0.29, 0.717) is 0 Å². The molecule has 104 valence electrons. The SMILES string of the molecule is CCCCCCCC[N+]1(CC)CCCCC1.[F-]. The molecule has 0 bridgehead atoms. The maximum atomic E-state index is 2.39. The van der Waals surface area contributed by atoms with E-state index in [1.165, 1.54) is 88.4 Å². The highest BCUT2D eigenvalue weighted by Gasteiger charge is 2.26. The zero-order valence-electron chi connectivity index (χ0n) is 12.0. The zero-order chi connectivity index (χ0) is 11.7. The number of hydrogen-bond acceptors (Lipinski definition) is 0. The number of rotatable bonds is 8. The molecule has 0 atom stereocenters. The second-order valence-electron chi connectivity index (χ2n) is 5.66. The number of nitrogens with zero attached hydrogens (tertiary/aromatic N) is 1. The lowest BCUT2D eigenvalue weighted by atomic mass is 10.1. The quantitative estimate of drug-likeness (QED) is 0.448. The number of halogens is 1. The van der Waals surface area contributed by atoms with Crippen molar-refractivity contribution in [2.24, 2.45) is 0 Å². The molecule has 1 saturated heterocycles. The second kappa shape index (κ2) is 9.87. The fourth-order valence-electron chi connectivity index (χ4n) is 3.11. The van der Waals surface area contributed by atoms with Gasteiger partial charge in [-0.05, 0) is 39.0 Å². The summed E-state index contributed by atoms with van der Waals surface area (Å²) in [7, 11) is 0. The third-order valence-corrected chi connectivity index (χ3v) is 4.42. The molecule has 1 heterocycles. The lowest BCUT2D eigenvalue weighted by molar-refractivity contribution is -0.931. The predicted octanol–water partition coefficient (Wildman–Crippen LogP) is 1.37. The van der Waals surface area contributed by atoms with E-state index in [1.54, 1.807) is 0 Å². The first-order chi connectivity index (χ1) is 7.83.